The number of hydrogen-bond donors (Lipinski definition) is 3. The minimum atomic E-state index is -0.371. The number of benzene rings is 2. The molecule has 1 unspecified atom stereocenters. The van der Waals surface area contributed by atoms with Gasteiger partial charge >= 0.3 is 0 Å². The minimum absolute atomic E-state index is 0.184. The van der Waals surface area contributed by atoms with Crippen molar-refractivity contribution in [3.05, 3.63) is 76.1 Å². The molecule has 13 heteroatoms. The Kier molecular flexibility index (Phi) is 9.97. The largest absolute Gasteiger partial charge is 0.496 e. The molecule has 0 bridgehead atoms. The predicted octanol–water partition coefficient (Wildman–Crippen LogP) is 3.29. The van der Waals surface area contributed by atoms with Gasteiger partial charge < -0.3 is 19.5 Å². The van der Waals surface area contributed by atoms with Crippen LogP contribution in [0.2, 0.25) is 0 Å². The molecule has 0 radical (unpaired) electrons. The third kappa shape index (κ3) is 7.30. The van der Waals surface area contributed by atoms with E-state index in [1.165, 1.54) is 16.2 Å². The standard InChI is InChI=1S/C37H45FN8O4/c1-43-22-29(28-21-39-42-35(28)37(43)49)26-19-31(38)30(33(20-26)50-2)23-46-17-15-45(16-18-46)14-13-44-11-9-25(10-12-44)24-3-5-27(6-4-24)40-32-7-8-34(47)41-36(32)48/h3-6,19-22,25,32,40H,7-18,23H2,1-2H3,(H,39,42)(H,41,47,48). The molecule has 12 nitrogen and oxygen atoms in total. The van der Waals surface area contributed by atoms with Crippen molar-refractivity contribution in [2.45, 2.75) is 44.2 Å². The average molecular weight is 685 g/mol. The van der Waals surface area contributed by atoms with Gasteiger partial charge in [-0.1, -0.05) is 12.1 Å². The molecule has 50 heavy (non-hydrogen) atoms. The maximum absolute atomic E-state index is 15.7. The fourth-order valence-electron chi connectivity index (χ4n) is 7.54. The number of aromatic amines is 1. The number of H-pyrrole nitrogens is 1. The summed E-state index contributed by atoms with van der Waals surface area (Å²) in [7, 11) is 3.24. The highest BCUT2D eigenvalue weighted by atomic mass is 19.1. The van der Waals surface area contributed by atoms with Gasteiger partial charge in [0.05, 0.1) is 13.3 Å². The molecule has 3 N–H and O–H groups in total. The summed E-state index contributed by atoms with van der Waals surface area (Å²) in [6.07, 6.45) is 6.43. The zero-order valence-electron chi connectivity index (χ0n) is 28.7. The predicted molar refractivity (Wildman–Crippen MR) is 190 cm³/mol. The molecule has 5 heterocycles. The molecular formula is C37H45FN8O4. The Labute approximate surface area is 290 Å². The van der Waals surface area contributed by atoms with E-state index in [0.717, 1.165) is 70.9 Å². The number of pyridine rings is 1. The van der Waals surface area contributed by atoms with Crippen molar-refractivity contribution in [1.82, 2.24) is 34.8 Å². The van der Waals surface area contributed by atoms with Crippen LogP contribution in [0.15, 0.2) is 53.6 Å². The summed E-state index contributed by atoms with van der Waals surface area (Å²) >= 11 is 0. The summed E-state index contributed by atoms with van der Waals surface area (Å²) in [6, 6.07) is 11.4. The SMILES string of the molecule is COc1cc(-c2cn(C)c(=O)c3[nH]ncc23)cc(F)c1CN1CCN(CCN2CCC(c3ccc(NC4CCC(=O)NC4=O)cc3)CC2)CC1. The van der Waals surface area contributed by atoms with Crippen molar-refractivity contribution in [1.29, 1.82) is 0 Å². The zero-order chi connectivity index (χ0) is 34.8. The molecule has 3 saturated heterocycles. The fourth-order valence-corrected chi connectivity index (χ4v) is 7.54. The number of fused-ring (bicyclic) bond motifs is 1. The second-order valence-electron chi connectivity index (χ2n) is 13.8. The number of amides is 2. The summed E-state index contributed by atoms with van der Waals surface area (Å²) in [4.78, 5) is 43.3. The monoisotopic (exact) mass is 684 g/mol. The van der Waals surface area contributed by atoms with Crippen molar-refractivity contribution in [3.63, 3.8) is 0 Å². The number of carbonyl (C=O) groups is 2. The van der Waals surface area contributed by atoms with Crippen LogP contribution in [0.5, 0.6) is 5.75 Å². The molecule has 0 saturated carbocycles. The number of nitrogens with zero attached hydrogens (tertiary/aromatic N) is 5. The number of likely N-dealkylation sites (tertiary alicyclic amines) is 1. The molecule has 0 spiro atoms. The van der Waals surface area contributed by atoms with Crippen LogP contribution >= 0.6 is 0 Å². The van der Waals surface area contributed by atoms with Gasteiger partial charge in [-0.3, -0.25) is 34.6 Å². The molecular weight excluding hydrogens is 639 g/mol. The third-order valence-corrected chi connectivity index (χ3v) is 10.6. The van der Waals surface area contributed by atoms with Crippen LogP contribution in [0.1, 0.15) is 42.7 Å². The molecule has 4 aromatic rings. The number of anilines is 1. The molecule has 1 atom stereocenters. The van der Waals surface area contributed by atoms with Gasteiger partial charge in [-0.25, -0.2) is 4.39 Å². The van der Waals surface area contributed by atoms with Gasteiger partial charge in [0.1, 0.15) is 23.1 Å². The number of rotatable bonds is 10. The number of aryl methyl sites for hydroxylation is 1. The first kappa shape index (κ1) is 33.9. The summed E-state index contributed by atoms with van der Waals surface area (Å²) in [5.41, 5.74) is 4.33. The molecule has 3 aliphatic rings. The van der Waals surface area contributed by atoms with Crippen molar-refractivity contribution in [3.8, 4) is 16.9 Å². The second-order valence-corrected chi connectivity index (χ2v) is 13.8. The third-order valence-electron chi connectivity index (χ3n) is 10.6. The summed E-state index contributed by atoms with van der Waals surface area (Å²) in [6.45, 7) is 8.27. The van der Waals surface area contributed by atoms with E-state index in [4.69, 9.17) is 4.74 Å². The maximum Gasteiger partial charge on any atom is 0.276 e. The highest BCUT2D eigenvalue weighted by Crippen LogP contribution is 2.34. The van der Waals surface area contributed by atoms with E-state index < -0.39 is 0 Å². The number of halogens is 1. The highest BCUT2D eigenvalue weighted by Gasteiger charge is 2.27. The van der Waals surface area contributed by atoms with Gasteiger partial charge in [0.25, 0.3) is 5.56 Å². The maximum atomic E-state index is 15.7. The van der Waals surface area contributed by atoms with Gasteiger partial charge in [-0.15, -0.1) is 0 Å². The summed E-state index contributed by atoms with van der Waals surface area (Å²) in [5, 5.41) is 13.1. The molecule has 3 fully saturated rings. The number of ether oxygens (including phenoxy) is 1. The molecule has 264 valence electrons. The van der Waals surface area contributed by atoms with Gasteiger partial charge in [-0.2, -0.15) is 5.10 Å². The Hall–Kier alpha value is -4.59. The zero-order valence-corrected chi connectivity index (χ0v) is 28.7. The van der Waals surface area contributed by atoms with E-state index in [1.807, 2.05) is 18.2 Å². The normalized spacial score (nSPS) is 19.9. The molecule has 0 aliphatic carbocycles. The van der Waals surface area contributed by atoms with Crippen LogP contribution < -0.4 is 20.9 Å². The number of imide groups is 1. The van der Waals surface area contributed by atoms with Gasteiger partial charge in [0, 0.05) is 87.7 Å². The average Bonchev–Trinajstić information content (AvgIpc) is 3.63. The molecule has 2 aromatic heterocycles. The number of methoxy groups -OCH3 is 1. The van der Waals surface area contributed by atoms with Crippen LogP contribution in [0.3, 0.4) is 0 Å². The lowest BCUT2D eigenvalue weighted by atomic mass is 9.89. The fraction of sp³-hybridized carbons (Fsp3) is 0.459. The molecule has 2 amide bonds. The smallest absolute Gasteiger partial charge is 0.276 e. The van der Waals surface area contributed by atoms with Crippen molar-refractivity contribution >= 4 is 28.4 Å². The Morgan fingerprint density at radius 1 is 0.940 bits per heavy atom. The van der Waals surface area contributed by atoms with Crippen LogP contribution in [0.4, 0.5) is 10.1 Å². The number of hydrogen-bond acceptors (Lipinski definition) is 9. The Bertz CT molecular complexity index is 1910. The highest BCUT2D eigenvalue weighted by molar-refractivity contribution is 6.01. The quantitative estimate of drug-likeness (QED) is 0.216. The minimum Gasteiger partial charge on any atom is -0.496 e. The van der Waals surface area contributed by atoms with Crippen LogP contribution in [-0.4, -0.2) is 107 Å². The topological polar surface area (TPSA) is 128 Å². The lowest BCUT2D eigenvalue weighted by molar-refractivity contribution is -0.133. The lowest BCUT2D eigenvalue weighted by Crippen LogP contribution is -2.48. The van der Waals surface area contributed by atoms with E-state index >= 15 is 4.39 Å². The first-order chi connectivity index (χ1) is 24.2. The number of aromatic nitrogens is 3. The van der Waals surface area contributed by atoms with Crippen LogP contribution in [0, 0.1) is 5.82 Å². The van der Waals surface area contributed by atoms with Crippen molar-refractivity contribution < 1.29 is 18.7 Å². The number of piperidine rings is 2. The Morgan fingerprint density at radius 2 is 1.64 bits per heavy atom. The van der Waals surface area contributed by atoms with E-state index in [9.17, 15) is 14.4 Å². The van der Waals surface area contributed by atoms with Crippen LogP contribution in [0.25, 0.3) is 22.0 Å². The van der Waals surface area contributed by atoms with Crippen molar-refractivity contribution in [2.75, 3.05) is 64.8 Å². The van der Waals surface area contributed by atoms with E-state index in [0.29, 0.717) is 58.6 Å². The first-order valence-electron chi connectivity index (χ1n) is 17.5. The Balaban J connectivity index is 0.865. The van der Waals surface area contributed by atoms with Crippen molar-refractivity contribution in [2.24, 2.45) is 7.05 Å². The van der Waals surface area contributed by atoms with E-state index in [2.05, 4.69) is 47.7 Å². The Morgan fingerprint density at radius 3 is 2.34 bits per heavy atom. The number of nitrogens with one attached hydrogen (secondary N) is 3. The second kappa shape index (κ2) is 14.7. The lowest BCUT2D eigenvalue weighted by Gasteiger charge is -2.37. The van der Waals surface area contributed by atoms with E-state index in [1.54, 1.807) is 26.6 Å². The molecule has 2 aromatic carbocycles. The summed E-state index contributed by atoms with van der Waals surface area (Å²) < 4.78 is 22.8. The number of piperazine rings is 1. The molecule has 7 rings (SSSR count). The van der Waals surface area contributed by atoms with Gasteiger partial charge in [0.15, 0.2) is 0 Å². The van der Waals surface area contributed by atoms with Gasteiger partial charge in [0.2, 0.25) is 11.8 Å². The van der Waals surface area contributed by atoms with E-state index in [-0.39, 0.29) is 29.2 Å². The summed E-state index contributed by atoms with van der Waals surface area (Å²) in [5.74, 6) is 0.240. The molecule has 3 aliphatic heterocycles. The van der Waals surface area contributed by atoms with Gasteiger partial charge in [-0.05, 0) is 73.7 Å². The number of carbonyl (C=O) groups excluding carboxylic acids is 2. The first-order valence-corrected chi connectivity index (χ1v) is 17.5. The van der Waals surface area contributed by atoms with Crippen LogP contribution in [-0.2, 0) is 23.2 Å².